The number of nitrogens with one attached hydrogen (secondary N) is 2. The Bertz CT molecular complexity index is 1360. The van der Waals surface area contributed by atoms with Gasteiger partial charge in [0.05, 0.1) is 32.7 Å². The summed E-state index contributed by atoms with van der Waals surface area (Å²) >= 11 is 6.13. The molecule has 1 aromatic heterocycles. The number of amides is 1. The molecule has 1 aliphatic rings. The van der Waals surface area contributed by atoms with Gasteiger partial charge < -0.3 is 14.8 Å². The Hall–Kier alpha value is -4.04. The van der Waals surface area contributed by atoms with Crippen LogP contribution in [0, 0.1) is 0 Å². The lowest BCUT2D eigenvalue weighted by Gasteiger charge is -2.31. The number of nitrogens with zero attached hydrogens (tertiary/aromatic N) is 3. The molecule has 3 aromatic carbocycles. The fourth-order valence-electron chi connectivity index (χ4n) is 4.44. The maximum atomic E-state index is 12.8. The number of aromatic nitrogens is 3. The Morgan fingerprint density at radius 1 is 1.03 bits per heavy atom. The lowest BCUT2D eigenvalue weighted by molar-refractivity contribution is -0.115. The first kappa shape index (κ1) is 23.7. The molecule has 36 heavy (non-hydrogen) atoms. The second-order valence-electron chi connectivity index (χ2n) is 8.53. The van der Waals surface area contributed by atoms with Gasteiger partial charge >= 0.3 is 0 Å². The summed E-state index contributed by atoms with van der Waals surface area (Å²) in [6, 6.07) is 23.3. The summed E-state index contributed by atoms with van der Waals surface area (Å²) in [7, 11) is 3.14. The summed E-state index contributed by atoms with van der Waals surface area (Å²) in [5.74, 6) is 1.79. The Morgan fingerprint density at radius 2 is 1.78 bits per heavy atom. The largest absolute Gasteiger partial charge is 0.493 e. The van der Waals surface area contributed by atoms with Gasteiger partial charge in [-0.3, -0.25) is 10.1 Å². The van der Waals surface area contributed by atoms with Crippen molar-refractivity contribution in [3.8, 4) is 11.5 Å². The highest BCUT2D eigenvalue weighted by Gasteiger charge is 2.31. The van der Waals surface area contributed by atoms with Crippen LogP contribution in [0.4, 0.5) is 11.9 Å². The van der Waals surface area contributed by atoms with Gasteiger partial charge in [0, 0.05) is 5.02 Å². The first-order chi connectivity index (χ1) is 17.5. The van der Waals surface area contributed by atoms with Crippen molar-refractivity contribution in [3.63, 3.8) is 0 Å². The number of hydrogen-bond acceptors (Lipinski definition) is 6. The number of carbonyl (C=O) groups is 1. The van der Waals surface area contributed by atoms with Crippen LogP contribution in [-0.4, -0.2) is 34.9 Å². The van der Waals surface area contributed by atoms with Crippen LogP contribution in [0.3, 0.4) is 0 Å². The number of carbonyl (C=O) groups excluding carboxylic acids is 1. The van der Waals surface area contributed by atoms with Crippen molar-refractivity contribution >= 4 is 29.4 Å². The topological polar surface area (TPSA) is 90.3 Å². The third-order valence-electron chi connectivity index (χ3n) is 6.21. The van der Waals surface area contributed by atoms with Gasteiger partial charge in [-0.1, -0.05) is 60.1 Å². The molecule has 2 atom stereocenters. The Labute approximate surface area is 214 Å². The summed E-state index contributed by atoms with van der Waals surface area (Å²) < 4.78 is 12.4. The first-order valence-corrected chi connectivity index (χ1v) is 12.0. The van der Waals surface area contributed by atoms with Crippen molar-refractivity contribution in [1.82, 2.24) is 14.8 Å². The zero-order valence-electron chi connectivity index (χ0n) is 19.9. The predicted octanol–water partition coefficient (Wildman–Crippen LogP) is 5.28. The first-order valence-electron chi connectivity index (χ1n) is 11.6. The highest BCUT2D eigenvalue weighted by atomic mass is 35.5. The highest BCUT2D eigenvalue weighted by Crippen LogP contribution is 2.38. The van der Waals surface area contributed by atoms with Crippen LogP contribution in [-0.2, 0) is 11.2 Å². The Balaban J connectivity index is 1.39. The van der Waals surface area contributed by atoms with Gasteiger partial charge in [-0.15, -0.1) is 5.10 Å². The number of hydrogen-bond donors (Lipinski definition) is 2. The number of benzene rings is 3. The number of anilines is 2. The Morgan fingerprint density at radius 3 is 2.50 bits per heavy atom. The molecule has 0 fully saturated rings. The van der Waals surface area contributed by atoms with E-state index in [2.05, 4.69) is 32.8 Å². The van der Waals surface area contributed by atoms with Crippen molar-refractivity contribution in [2.75, 3.05) is 24.9 Å². The molecule has 1 aliphatic heterocycles. The van der Waals surface area contributed by atoms with Crippen LogP contribution in [0.15, 0.2) is 72.8 Å². The smallest absolute Gasteiger partial charge is 0.250 e. The van der Waals surface area contributed by atoms with E-state index in [1.54, 1.807) is 26.4 Å². The maximum absolute atomic E-state index is 12.8. The molecule has 4 aromatic rings. The molecule has 0 bridgehead atoms. The van der Waals surface area contributed by atoms with Crippen molar-refractivity contribution < 1.29 is 14.3 Å². The van der Waals surface area contributed by atoms with Gasteiger partial charge in [0.1, 0.15) is 0 Å². The molecule has 0 spiro atoms. The second-order valence-corrected chi connectivity index (χ2v) is 8.96. The summed E-state index contributed by atoms with van der Waals surface area (Å²) in [5.41, 5.74) is 3.01. The summed E-state index contributed by atoms with van der Waals surface area (Å²) in [5, 5.41) is 11.6. The second kappa shape index (κ2) is 10.3. The van der Waals surface area contributed by atoms with Gasteiger partial charge in [0.25, 0.3) is 5.95 Å². The summed E-state index contributed by atoms with van der Waals surface area (Å²) in [6.45, 7) is 0. The lowest BCUT2D eigenvalue weighted by atomic mass is 9.93. The van der Waals surface area contributed by atoms with Crippen LogP contribution in [0.5, 0.6) is 11.5 Å². The molecule has 0 saturated heterocycles. The van der Waals surface area contributed by atoms with Crippen LogP contribution in [0.1, 0.15) is 35.2 Å². The predicted molar refractivity (Wildman–Crippen MR) is 139 cm³/mol. The number of halogens is 1. The molecular formula is C27H26ClN5O3. The monoisotopic (exact) mass is 503 g/mol. The Kier molecular flexibility index (Phi) is 6.77. The fourth-order valence-corrected chi connectivity index (χ4v) is 4.57. The molecule has 0 unspecified atom stereocenters. The molecule has 2 heterocycles. The van der Waals surface area contributed by atoms with E-state index in [1.807, 2.05) is 53.2 Å². The van der Waals surface area contributed by atoms with E-state index in [9.17, 15) is 4.79 Å². The summed E-state index contributed by atoms with van der Waals surface area (Å²) in [6.07, 6.45) is 0.909. The van der Waals surface area contributed by atoms with Crippen LogP contribution in [0.25, 0.3) is 0 Å². The van der Waals surface area contributed by atoms with Crippen LogP contribution >= 0.6 is 11.6 Å². The van der Waals surface area contributed by atoms with Crippen LogP contribution < -0.4 is 20.1 Å². The number of ether oxygens (including phenoxy) is 2. The SMILES string of the molecule is COc1ccc(CC(=O)Nc2nc3n(n2)[C@@H](c2ccc(Cl)cc2)C[C@@H](c2ccccc2)N3)cc1OC. The van der Waals surface area contributed by atoms with Crippen molar-refractivity contribution in [3.05, 3.63) is 94.5 Å². The highest BCUT2D eigenvalue weighted by molar-refractivity contribution is 6.30. The zero-order valence-corrected chi connectivity index (χ0v) is 20.7. The van der Waals surface area contributed by atoms with Gasteiger partial charge in [-0.2, -0.15) is 4.98 Å². The van der Waals surface area contributed by atoms with Crippen LogP contribution in [0.2, 0.25) is 5.02 Å². The van der Waals surface area contributed by atoms with Crippen molar-refractivity contribution in [1.29, 1.82) is 0 Å². The minimum Gasteiger partial charge on any atom is -0.493 e. The van der Waals surface area contributed by atoms with Crippen molar-refractivity contribution in [2.45, 2.75) is 24.9 Å². The molecule has 1 amide bonds. The van der Waals surface area contributed by atoms with Gasteiger partial charge in [-0.25, -0.2) is 4.68 Å². The van der Waals surface area contributed by atoms with Gasteiger partial charge in [0.2, 0.25) is 11.9 Å². The van der Waals surface area contributed by atoms with Crippen molar-refractivity contribution in [2.24, 2.45) is 0 Å². The zero-order chi connectivity index (χ0) is 25.1. The van der Waals surface area contributed by atoms with E-state index in [4.69, 9.17) is 21.1 Å². The minimum atomic E-state index is -0.229. The molecular weight excluding hydrogens is 478 g/mol. The molecule has 9 heteroatoms. The van der Waals surface area contributed by atoms with E-state index < -0.39 is 0 Å². The fraction of sp³-hybridized carbons (Fsp3) is 0.222. The van der Waals surface area contributed by atoms with E-state index >= 15 is 0 Å². The third kappa shape index (κ3) is 4.99. The maximum Gasteiger partial charge on any atom is 0.250 e. The van der Waals surface area contributed by atoms with E-state index in [0.717, 1.165) is 23.1 Å². The molecule has 8 nitrogen and oxygen atoms in total. The number of rotatable bonds is 7. The molecule has 0 aliphatic carbocycles. The third-order valence-corrected chi connectivity index (χ3v) is 6.46. The molecule has 2 N–H and O–H groups in total. The number of fused-ring (bicyclic) bond motifs is 1. The molecule has 0 saturated carbocycles. The quantitative estimate of drug-likeness (QED) is 0.357. The average Bonchev–Trinajstić information content (AvgIpc) is 3.31. The lowest BCUT2D eigenvalue weighted by Crippen LogP contribution is -2.28. The average molecular weight is 504 g/mol. The molecule has 0 radical (unpaired) electrons. The molecule has 5 rings (SSSR count). The number of methoxy groups -OCH3 is 2. The van der Waals surface area contributed by atoms with Gasteiger partial charge in [-0.05, 0) is 47.4 Å². The van der Waals surface area contributed by atoms with E-state index in [1.165, 1.54) is 0 Å². The van der Waals surface area contributed by atoms with Gasteiger partial charge in [0.15, 0.2) is 11.5 Å². The van der Waals surface area contributed by atoms with E-state index in [0.29, 0.717) is 22.5 Å². The minimum absolute atomic E-state index is 0.0406. The van der Waals surface area contributed by atoms with E-state index in [-0.39, 0.29) is 30.4 Å². The summed E-state index contributed by atoms with van der Waals surface area (Å²) in [4.78, 5) is 17.4. The standard InChI is InChI=1S/C27H26ClN5O3/c1-35-23-13-8-17(14-24(23)36-2)15-25(34)30-26-31-27-29-21(18-6-4-3-5-7-18)16-22(33(27)32-26)19-9-11-20(28)12-10-19/h3-14,21-22H,15-16H2,1-2H3,(H2,29,30,31,32,34)/t21-,22+/m0/s1. The molecule has 184 valence electrons. The normalized spacial score (nSPS) is 16.5.